The molecule has 4 aromatic rings. The van der Waals surface area contributed by atoms with Crippen LogP contribution < -0.4 is 0 Å². The molecule has 1 aliphatic heterocycles. The molecule has 1 fully saturated rings. The number of hydrogen-bond donors (Lipinski definition) is 1. The number of aryl methyl sites for hydroxylation is 1. The molecule has 2 heterocycles. The fourth-order valence-corrected chi connectivity index (χ4v) is 5.27. The monoisotopic (exact) mass is 574 g/mol. The number of likely N-dealkylation sites (tertiary alicyclic amines) is 1. The van der Waals surface area contributed by atoms with Crippen molar-refractivity contribution in [1.29, 1.82) is 5.41 Å². The Balaban J connectivity index is 0.000000952. The zero-order valence-corrected chi connectivity index (χ0v) is 24.6. The highest BCUT2D eigenvalue weighted by Gasteiger charge is 2.30. The molecule has 1 saturated heterocycles. The van der Waals surface area contributed by atoms with E-state index in [1.807, 2.05) is 45.0 Å². The number of nitrogens with one attached hydrogen (secondary N) is 1. The quantitative estimate of drug-likeness (QED) is 0.185. The predicted molar refractivity (Wildman–Crippen MR) is 162 cm³/mol. The molecule has 0 radical (unpaired) electrons. The number of benzene rings is 3. The van der Waals surface area contributed by atoms with E-state index in [1.165, 1.54) is 17.7 Å². The van der Waals surface area contributed by atoms with Crippen LogP contribution in [0.15, 0.2) is 72.8 Å². The summed E-state index contributed by atoms with van der Waals surface area (Å²) < 4.78 is 44.5. The fraction of sp³-hybridized carbons (Fsp3) is 0.324. The topological polar surface area (TPSA) is 62.0 Å². The largest absolute Gasteiger partial charge is 0.339 e. The van der Waals surface area contributed by atoms with Crippen molar-refractivity contribution in [3.05, 3.63) is 113 Å². The van der Waals surface area contributed by atoms with Gasteiger partial charge in [-0.05, 0) is 82.0 Å². The number of fused-ring (bicyclic) bond motifs is 1. The average Bonchev–Trinajstić information content (AvgIpc) is 3.37. The molecule has 5 nitrogen and oxygen atoms in total. The highest BCUT2D eigenvalue weighted by atomic mass is 19.2. The average molecular weight is 575 g/mol. The van der Waals surface area contributed by atoms with E-state index in [9.17, 15) is 18.0 Å². The molecular weight excluding hydrogens is 537 g/mol. The SMILES string of the molecule is C=C(C)C.CCC(F)n1c(C2CCN(C(=O)c3ccc(C(=N)c4cccc(F)c4F)c(C)c3)CC2)nc2ccccc21. The first-order chi connectivity index (χ1) is 20.0. The summed E-state index contributed by atoms with van der Waals surface area (Å²) in [6.07, 6.45) is 0.541. The molecule has 1 aliphatic rings. The van der Waals surface area contributed by atoms with E-state index in [1.54, 1.807) is 34.6 Å². The highest BCUT2D eigenvalue weighted by molar-refractivity contribution is 6.12. The summed E-state index contributed by atoms with van der Waals surface area (Å²) in [5.74, 6) is -1.43. The van der Waals surface area contributed by atoms with Crippen LogP contribution in [0.2, 0.25) is 0 Å². The Morgan fingerprint density at radius 2 is 1.71 bits per heavy atom. The highest BCUT2D eigenvalue weighted by Crippen LogP contribution is 2.34. The van der Waals surface area contributed by atoms with Crippen molar-refractivity contribution < 1.29 is 18.0 Å². The van der Waals surface area contributed by atoms with Crippen LogP contribution in [0.5, 0.6) is 0 Å². The number of aromatic nitrogens is 2. The van der Waals surface area contributed by atoms with Crippen molar-refractivity contribution in [2.45, 2.75) is 59.2 Å². The van der Waals surface area contributed by atoms with E-state index in [2.05, 4.69) is 6.58 Å². The molecule has 1 unspecified atom stereocenters. The lowest BCUT2D eigenvalue weighted by atomic mass is 9.94. The second-order valence-corrected chi connectivity index (χ2v) is 11.0. The van der Waals surface area contributed by atoms with Crippen LogP contribution in [0.3, 0.4) is 0 Å². The van der Waals surface area contributed by atoms with Gasteiger partial charge in [-0.25, -0.2) is 18.2 Å². The zero-order chi connectivity index (χ0) is 30.6. The maximum Gasteiger partial charge on any atom is 0.253 e. The molecule has 1 N–H and O–H groups in total. The first-order valence-electron chi connectivity index (χ1n) is 14.2. The van der Waals surface area contributed by atoms with Gasteiger partial charge in [-0.1, -0.05) is 36.8 Å². The summed E-state index contributed by atoms with van der Waals surface area (Å²) in [5, 5.41) is 8.39. The third-order valence-electron chi connectivity index (χ3n) is 7.35. The minimum Gasteiger partial charge on any atom is -0.339 e. The third kappa shape index (κ3) is 6.48. The molecule has 3 aromatic carbocycles. The number of carbonyl (C=O) groups excluding carboxylic acids is 1. The molecule has 220 valence electrons. The van der Waals surface area contributed by atoms with E-state index in [0.29, 0.717) is 49.0 Å². The molecule has 0 aliphatic carbocycles. The molecule has 42 heavy (non-hydrogen) atoms. The molecule has 0 bridgehead atoms. The molecular formula is C34H37F3N4O. The predicted octanol–water partition coefficient (Wildman–Crippen LogP) is 8.52. The maximum absolute atomic E-state index is 15.0. The van der Waals surface area contributed by atoms with E-state index in [-0.39, 0.29) is 23.1 Å². The number of carbonyl (C=O) groups is 1. The Kier molecular flexibility index (Phi) is 9.66. The number of nitrogens with zero attached hydrogens (tertiary/aromatic N) is 3. The number of para-hydroxylation sites is 2. The maximum atomic E-state index is 15.0. The van der Waals surface area contributed by atoms with Crippen LogP contribution in [-0.4, -0.2) is 39.2 Å². The smallest absolute Gasteiger partial charge is 0.253 e. The second kappa shape index (κ2) is 13.2. The lowest BCUT2D eigenvalue weighted by molar-refractivity contribution is 0.0708. The minimum absolute atomic E-state index is 0.0435. The van der Waals surface area contributed by atoms with Crippen molar-refractivity contribution in [1.82, 2.24) is 14.5 Å². The molecule has 1 amide bonds. The van der Waals surface area contributed by atoms with E-state index >= 15 is 0 Å². The van der Waals surface area contributed by atoms with Gasteiger partial charge in [-0.2, -0.15) is 0 Å². The zero-order valence-electron chi connectivity index (χ0n) is 24.6. The van der Waals surface area contributed by atoms with Crippen LogP contribution >= 0.6 is 0 Å². The molecule has 8 heteroatoms. The van der Waals surface area contributed by atoms with E-state index in [4.69, 9.17) is 10.4 Å². The fourth-order valence-electron chi connectivity index (χ4n) is 5.27. The van der Waals surface area contributed by atoms with Gasteiger partial charge >= 0.3 is 0 Å². The first kappa shape index (κ1) is 30.8. The number of hydrogen-bond acceptors (Lipinski definition) is 3. The Morgan fingerprint density at radius 3 is 2.36 bits per heavy atom. The van der Waals surface area contributed by atoms with Crippen molar-refractivity contribution in [3.63, 3.8) is 0 Å². The normalized spacial score (nSPS) is 14.3. The van der Waals surface area contributed by atoms with Crippen molar-refractivity contribution in [2.75, 3.05) is 13.1 Å². The Hall–Kier alpha value is -4.20. The Morgan fingerprint density at radius 1 is 1.05 bits per heavy atom. The van der Waals surface area contributed by atoms with Gasteiger partial charge in [0.2, 0.25) is 0 Å². The number of imidazole rings is 1. The number of piperidine rings is 1. The lowest BCUT2D eigenvalue weighted by Crippen LogP contribution is -2.38. The van der Waals surface area contributed by atoms with Gasteiger partial charge in [0, 0.05) is 35.7 Å². The molecule has 0 spiro atoms. The summed E-state index contributed by atoms with van der Waals surface area (Å²) in [4.78, 5) is 19.8. The number of amides is 1. The van der Waals surface area contributed by atoms with Gasteiger partial charge in [0.25, 0.3) is 5.91 Å². The van der Waals surface area contributed by atoms with Crippen molar-refractivity contribution in [3.8, 4) is 0 Å². The Bertz CT molecular complexity index is 1610. The summed E-state index contributed by atoms with van der Waals surface area (Å²) in [6.45, 7) is 12.1. The van der Waals surface area contributed by atoms with Gasteiger partial charge in [0.15, 0.2) is 17.9 Å². The van der Waals surface area contributed by atoms with Gasteiger partial charge in [0.1, 0.15) is 5.82 Å². The van der Waals surface area contributed by atoms with Crippen LogP contribution in [0.25, 0.3) is 11.0 Å². The van der Waals surface area contributed by atoms with Crippen LogP contribution in [0.1, 0.15) is 85.1 Å². The standard InChI is InChI=1S/C30H29F3N4O.C4H8/c1-3-26(32)37-25-10-5-4-9-24(25)35-29(37)19-13-15-36(16-14-19)30(38)20-11-12-21(18(2)17-20)28(34)22-7-6-8-23(31)27(22)33;1-4(2)3/h4-12,17,19,26,34H,3,13-16H2,1-2H3;1H2,2-3H3. The lowest BCUT2D eigenvalue weighted by Gasteiger charge is -2.32. The molecule has 1 atom stereocenters. The van der Waals surface area contributed by atoms with Gasteiger partial charge in [-0.15, -0.1) is 6.58 Å². The van der Waals surface area contributed by atoms with Gasteiger partial charge in [-0.3, -0.25) is 14.8 Å². The minimum atomic E-state index is -1.15. The van der Waals surface area contributed by atoms with Crippen LogP contribution in [0, 0.1) is 24.0 Å². The summed E-state index contributed by atoms with van der Waals surface area (Å²) >= 11 is 0. The molecule has 1 aromatic heterocycles. The Labute approximate surface area is 245 Å². The van der Waals surface area contributed by atoms with Crippen molar-refractivity contribution >= 4 is 22.7 Å². The molecule has 5 rings (SSSR count). The summed E-state index contributed by atoms with van der Waals surface area (Å²) in [6, 6.07) is 16.2. The van der Waals surface area contributed by atoms with Crippen molar-refractivity contribution in [2.24, 2.45) is 0 Å². The van der Waals surface area contributed by atoms with E-state index < -0.39 is 17.9 Å². The van der Waals surface area contributed by atoms with Gasteiger partial charge in [0.05, 0.1) is 16.7 Å². The number of allylic oxidation sites excluding steroid dienone is 1. The third-order valence-corrected chi connectivity index (χ3v) is 7.35. The van der Waals surface area contributed by atoms with Crippen LogP contribution in [0.4, 0.5) is 13.2 Å². The van der Waals surface area contributed by atoms with E-state index in [0.717, 1.165) is 22.9 Å². The first-order valence-corrected chi connectivity index (χ1v) is 14.2. The van der Waals surface area contributed by atoms with Gasteiger partial charge < -0.3 is 4.90 Å². The summed E-state index contributed by atoms with van der Waals surface area (Å²) in [7, 11) is 0. The number of halogens is 3. The second-order valence-electron chi connectivity index (χ2n) is 11.0. The molecule has 0 saturated carbocycles. The number of alkyl halides is 1. The summed E-state index contributed by atoms with van der Waals surface area (Å²) in [5.41, 5.74) is 3.99. The van der Waals surface area contributed by atoms with Crippen LogP contribution in [-0.2, 0) is 0 Å². The number of rotatable bonds is 6.